The van der Waals surface area contributed by atoms with E-state index in [0.717, 1.165) is 11.3 Å². The number of rotatable bonds is 4. The molecular weight excluding hydrogens is 282 g/mol. The van der Waals surface area contributed by atoms with Gasteiger partial charge >= 0.3 is 5.97 Å². The number of hydrogen-bond donors (Lipinski definition) is 0. The van der Waals surface area contributed by atoms with Crippen LogP contribution in [-0.4, -0.2) is 50.9 Å². The molecule has 2 rings (SSSR count). The normalized spacial score (nSPS) is 19.6. The minimum atomic E-state index is -0.391. The molecule has 0 saturated carbocycles. The first-order valence-corrected chi connectivity index (χ1v) is 6.75. The van der Waals surface area contributed by atoms with Gasteiger partial charge in [0.15, 0.2) is 0 Å². The van der Waals surface area contributed by atoms with Gasteiger partial charge in [-0.3, -0.25) is 9.69 Å². The summed E-state index contributed by atoms with van der Waals surface area (Å²) in [6.07, 6.45) is 0. The summed E-state index contributed by atoms with van der Waals surface area (Å²) in [4.78, 5) is 13.8. The number of halogens is 1. The Bertz CT molecular complexity index is 480. The van der Waals surface area contributed by atoms with Gasteiger partial charge in [-0.1, -0.05) is 11.6 Å². The first-order valence-electron chi connectivity index (χ1n) is 6.37. The van der Waals surface area contributed by atoms with Crippen LogP contribution in [0.3, 0.4) is 0 Å². The first kappa shape index (κ1) is 15.1. The predicted molar refractivity (Wildman–Crippen MR) is 75.0 cm³/mol. The molecule has 0 amide bonds. The van der Waals surface area contributed by atoms with Gasteiger partial charge in [0.2, 0.25) is 0 Å². The number of esters is 1. The third kappa shape index (κ3) is 3.42. The van der Waals surface area contributed by atoms with Gasteiger partial charge in [-0.05, 0) is 18.2 Å². The summed E-state index contributed by atoms with van der Waals surface area (Å²) >= 11 is 6.03. The SMILES string of the molecule is COC(=O)C1COCCN1Cc1cc(Cl)ccc1OC. The van der Waals surface area contributed by atoms with E-state index in [1.54, 1.807) is 13.2 Å². The maximum absolute atomic E-state index is 11.8. The summed E-state index contributed by atoms with van der Waals surface area (Å²) in [6.45, 7) is 2.16. The molecule has 0 aliphatic carbocycles. The summed E-state index contributed by atoms with van der Waals surface area (Å²) in [5, 5.41) is 0.642. The number of ether oxygens (including phenoxy) is 3. The highest BCUT2D eigenvalue weighted by molar-refractivity contribution is 6.30. The van der Waals surface area contributed by atoms with Gasteiger partial charge in [0.25, 0.3) is 0 Å². The third-order valence-electron chi connectivity index (χ3n) is 3.33. The van der Waals surface area contributed by atoms with Crippen molar-refractivity contribution in [2.75, 3.05) is 34.0 Å². The summed E-state index contributed by atoms with van der Waals surface area (Å²) in [7, 11) is 3.00. The molecular formula is C14H18ClNO4. The van der Waals surface area contributed by atoms with E-state index >= 15 is 0 Å². The Morgan fingerprint density at radius 2 is 2.30 bits per heavy atom. The number of morpholine rings is 1. The predicted octanol–water partition coefficient (Wildman–Crippen LogP) is 1.72. The van der Waals surface area contributed by atoms with Crippen molar-refractivity contribution in [2.24, 2.45) is 0 Å². The number of methoxy groups -OCH3 is 2. The lowest BCUT2D eigenvalue weighted by Crippen LogP contribution is -2.49. The van der Waals surface area contributed by atoms with Crippen molar-refractivity contribution in [1.82, 2.24) is 4.90 Å². The largest absolute Gasteiger partial charge is 0.496 e. The van der Waals surface area contributed by atoms with Crippen molar-refractivity contribution in [3.8, 4) is 5.75 Å². The smallest absolute Gasteiger partial charge is 0.325 e. The van der Waals surface area contributed by atoms with Gasteiger partial charge in [-0.2, -0.15) is 0 Å². The molecule has 1 aromatic carbocycles. The Morgan fingerprint density at radius 3 is 3.00 bits per heavy atom. The fraction of sp³-hybridized carbons (Fsp3) is 0.500. The van der Waals surface area contributed by atoms with Crippen molar-refractivity contribution >= 4 is 17.6 Å². The van der Waals surface area contributed by atoms with E-state index in [1.807, 2.05) is 17.0 Å². The maximum atomic E-state index is 11.8. The zero-order valence-electron chi connectivity index (χ0n) is 11.6. The minimum absolute atomic E-state index is 0.286. The van der Waals surface area contributed by atoms with Gasteiger partial charge in [0.1, 0.15) is 11.8 Å². The molecule has 1 aliphatic rings. The molecule has 1 unspecified atom stereocenters. The fourth-order valence-corrected chi connectivity index (χ4v) is 2.46. The van der Waals surface area contributed by atoms with Gasteiger partial charge in [-0.15, -0.1) is 0 Å². The average Bonchev–Trinajstić information content (AvgIpc) is 2.47. The second kappa shape index (κ2) is 6.92. The van der Waals surface area contributed by atoms with Crippen LogP contribution in [0.1, 0.15) is 5.56 Å². The van der Waals surface area contributed by atoms with E-state index in [2.05, 4.69) is 0 Å². The molecule has 20 heavy (non-hydrogen) atoms. The van der Waals surface area contributed by atoms with E-state index in [1.165, 1.54) is 7.11 Å². The fourth-order valence-electron chi connectivity index (χ4n) is 2.27. The summed E-state index contributed by atoms with van der Waals surface area (Å²) < 4.78 is 15.5. The van der Waals surface area contributed by atoms with Crippen LogP contribution in [0.15, 0.2) is 18.2 Å². The summed E-state index contributed by atoms with van der Waals surface area (Å²) in [6, 6.07) is 5.06. The molecule has 1 saturated heterocycles. The lowest BCUT2D eigenvalue weighted by Gasteiger charge is -2.33. The molecule has 110 valence electrons. The monoisotopic (exact) mass is 299 g/mol. The molecule has 0 spiro atoms. The molecule has 1 fully saturated rings. The Morgan fingerprint density at radius 1 is 1.50 bits per heavy atom. The van der Waals surface area contributed by atoms with E-state index < -0.39 is 6.04 Å². The number of carbonyl (C=O) groups excluding carboxylic acids is 1. The second-order valence-corrected chi connectivity index (χ2v) is 4.98. The molecule has 5 nitrogen and oxygen atoms in total. The standard InChI is InChI=1S/C14H18ClNO4/c1-18-13-4-3-11(15)7-10(13)8-16-5-6-20-9-12(16)14(17)19-2/h3-4,7,12H,5-6,8-9H2,1-2H3. The van der Waals surface area contributed by atoms with Crippen LogP contribution in [0, 0.1) is 0 Å². The van der Waals surface area contributed by atoms with Crippen molar-refractivity contribution in [3.63, 3.8) is 0 Å². The Hall–Kier alpha value is -1.30. The molecule has 6 heteroatoms. The highest BCUT2D eigenvalue weighted by atomic mass is 35.5. The van der Waals surface area contributed by atoms with Crippen molar-refractivity contribution in [2.45, 2.75) is 12.6 Å². The molecule has 1 aromatic rings. The van der Waals surface area contributed by atoms with Gasteiger partial charge in [-0.25, -0.2) is 0 Å². The van der Waals surface area contributed by atoms with Crippen LogP contribution in [-0.2, 0) is 20.8 Å². The van der Waals surface area contributed by atoms with Gasteiger partial charge in [0, 0.05) is 23.7 Å². The molecule has 0 bridgehead atoms. The summed E-state index contributed by atoms with van der Waals surface area (Å²) in [5.74, 6) is 0.468. The minimum Gasteiger partial charge on any atom is -0.496 e. The van der Waals surface area contributed by atoms with Crippen LogP contribution in [0.25, 0.3) is 0 Å². The summed E-state index contributed by atoms with van der Waals surface area (Å²) in [5.41, 5.74) is 0.941. The quantitative estimate of drug-likeness (QED) is 0.792. The number of hydrogen-bond acceptors (Lipinski definition) is 5. The van der Waals surface area contributed by atoms with Crippen molar-refractivity contribution < 1.29 is 19.0 Å². The van der Waals surface area contributed by atoms with E-state index in [0.29, 0.717) is 31.3 Å². The Balaban J connectivity index is 2.18. The topological polar surface area (TPSA) is 48.0 Å². The Labute approximate surface area is 123 Å². The number of nitrogens with zero attached hydrogens (tertiary/aromatic N) is 1. The molecule has 1 atom stereocenters. The average molecular weight is 300 g/mol. The second-order valence-electron chi connectivity index (χ2n) is 4.54. The first-order chi connectivity index (χ1) is 9.65. The molecule has 0 radical (unpaired) electrons. The van der Waals surface area contributed by atoms with Crippen LogP contribution >= 0.6 is 11.6 Å². The maximum Gasteiger partial charge on any atom is 0.325 e. The van der Waals surface area contributed by atoms with Crippen molar-refractivity contribution in [3.05, 3.63) is 28.8 Å². The van der Waals surface area contributed by atoms with E-state index in [-0.39, 0.29) is 5.97 Å². The molecule has 1 heterocycles. The number of benzene rings is 1. The van der Waals surface area contributed by atoms with Crippen LogP contribution in [0.2, 0.25) is 5.02 Å². The van der Waals surface area contributed by atoms with Crippen LogP contribution in [0.5, 0.6) is 5.75 Å². The highest BCUT2D eigenvalue weighted by Gasteiger charge is 2.30. The molecule has 1 aliphatic heterocycles. The van der Waals surface area contributed by atoms with Crippen LogP contribution < -0.4 is 4.74 Å². The zero-order chi connectivity index (χ0) is 14.5. The Kier molecular flexibility index (Phi) is 5.23. The van der Waals surface area contributed by atoms with Gasteiger partial charge in [0.05, 0.1) is 27.4 Å². The molecule has 0 aromatic heterocycles. The molecule has 0 N–H and O–H groups in total. The van der Waals surface area contributed by atoms with E-state index in [9.17, 15) is 4.79 Å². The zero-order valence-corrected chi connectivity index (χ0v) is 12.4. The number of carbonyl (C=O) groups is 1. The lowest BCUT2D eigenvalue weighted by atomic mass is 10.1. The van der Waals surface area contributed by atoms with Crippen molar-refractivity contribution in [1.29, 1.82) is 0 Å². The lowest BCUT2D eigenvalue weighted by molar-refractivity contribution is -0.153. The van der Waals surface area contributed by atoms with E-state index in [4.69, 9.17) is 25.8 Å². The van der Waals surface area contributed by atoms with Gasteiger partial charge < -0.3 is 14.2 Å². The third-order valence-corrected chi connectivity index (χ3v) is 3.56. The highest BCUT2D eigenvalue weighted by Crippen LogP contribution is 2.25. The van der Waals surface area contributed by atoms with Crippen LogP contribution in [0.4, 0.5) is 0 Å².